The molecular formula is C22H30N2O2. The van der Waals surface area contributed by atoms with Crippen LogP contribution < -0.4 is 0 Å². The number of carbonyl (C=O) groups excluding carboxylic acids is 1. The van der Waals surface area contributed by atoms with Gasteiger partial charge in [0.25, 0.3) is 0 Å². The molecule has 1 unspecified atom stereocenters. The average molecular weight is 354 g/mol. The number of nitrogens with zero attached hydrogens (tertiary/aromatic N) is 2. The van der Waals surface area contributed by atoms with Crippen LogP contribution in [0.25, 0.3) is 6.08 Å². The predicted octanol–water partition coefficient (Wildman–Crippen LogP) is 4.43. The minimum atomic E-state index is -0.195. The number of amides is 1. The monoisotopic (exact) mass is 354 g/mol. The fourth-order valence-electron chi connectivity index (χ4n) is 3.74. The zero-order valence-electron chi connectivity index (χ0n) is 16.2. The van der Waals surface area contributed by atoms with E-state index in [2.05, 4.69) is 48.8 Å². The summed E-state index contributed by atoms with van der Waals surface area (Å²) in [4.78, 5) is 16.4. The molecule has 1 heterocycles. The number of fused-ring (bicyclic) bond motifs is 1. The van der Waals surface area contributed by atoms with Gasteiger partial charge in [0.1, 0.15) is 0 Å². The van der Waals surface area contributed by atoms with E-state index in [1.165, 1.54) is 16.7 Å². The van der Waals surface area contributed by atoms with Gasteiger partial charge in [-0.15, -0.1) is 0 Å². The molecule has 3 rings (SSSR count). The molecule has 2 aliphatic rings. The van der Waals surface area contributed by atoms with Crippen LogP contribution in [0.3, 0.4) is 0 Å². The van der Waals surface area contributed by atoms with Crippen LogP contribution in [0.5, 0.6) is 0 Å². The highest BCUT2D eigenvalue weighted by Crippen LogP contribution is 2.35. The van der Waals surface area contributed by atoms with E-state index in [4.69, 9.17) is 4.74 Å². The quantitative estimate of drug-likeness (QED) is 0.805. The Balaban J connectivity index is 1.74. The standard InChI is InChI=1S/C22H30N2O2/c1-5-18-7-9-20-19(15-18)8-6-17(4)14-21(20)23-10-12-24(13-11-23)22(25)26-16(2)3/h6-9,15-16,21H,4-5,10-14H2,1-3H3. The van der Waals surface area contributed by atoms with Crippen molar-refractivity contribution in [2.45, 2.75) is 45.8 Å². The van der Waals surface area contributed by atoms with E-state index in [-0.39, 0.29) is 12.2 Å². The van der Waals surface area contributed by atoms with Crippen LogP contribution in [-0.2, 0) is 11.2 Å². The number of ether oxygens (including phenoxy) is 1. The summed E-state index contributed by atoms with van der Waals surface area (Å²) in [7, 11) is 0. The molecule has 4 nitrogen and oxygen atoms in total. The predicted molar refractivity (Wildman–Crippen MR) is 106 cm³/mol. The van der Waals surface area contributed by atoms with E-state index < -0.39 is 0 Å². The number of hydrogen-bond acceptors (Lipinski definition) is 3. The lowest BCUT2D eigenvalue weighted by Gasteiger charge is -2.39. The van der Waals surface area contributed by atoms with Crippen molar-refractivity contribution in [1.82, 2.24) is 9.80 Å². The maximum Gasteiger partial charge on any atom is 0.410 e. The van der Waals surface area contributed by atoms with Gasteiger partial charge in [0.15, 0.2) is 0 Å². The molecule has 0 spiro atoms. The van der Waals surface area contributed by atoms with Crippen molar-refractivity contribution in [2.24, 2.45) is 0 Å². The van der Waals surface area contributed by atoms with E-state index in [1.807, 2.05) is 18.7 Å². The van der Waals surface area contributed by atoms with Crippen molar-refractivity contribution < 1.29 is 9.53 Å². The molecule has 0 radical (unpaired) electrons. The van der Waals surface area contributed by atoms with Gasteiger partial charge < -0.3 is 9.64 Å². The molecule has 4 heteroatoms. The summed E-state index contributed by atoms with van der Waals surface area (Å²) < 4.78 is 5.33. The topological polar surface area (TPSA) is 32.8 Å². The number of carbonyl (C=O) groups is 1. The minimum Gasteiger partial charge on any atom is -0.447 e. The molecule has 1 amide bonds. The van der Waals surface area contributed by atoms with Gasteiger partial charge in [-0.25, -0.2) is 4.79 Å². The van der Waals surface area contributed by atoms with Gasteiger partial charge in [-0.1, -0.05) is 49.4 Å². The Morgan fingerprint density at radius 2 is 1.96 bits per heavy atom. The molecule has 0 saturated carbocycles. The average Bonchev–Trinajstić information content (AvgIpc) is 2.80. The number of hydrogen-bond donors (Lipinski definition) is 0. The Morgan fingerprint density at radius 1 is 1.23 bits per heavy atom. The first-order valence-corrected chi connectivity index (χ1v) is 9.66. The van der Waals surface area contributed by atoms with Gasteiger partial charge in [-0.3, -0.25) is 4.90 Å². The maximum atomic E-state index is 12.1. The molecule has 1 aliphatic heterocycles. The number of piperazine rings is 1. The molecule has 1 aromatic rings. The van der Waals surface area contributed by atoms with Crippen LogP contribution in [0.15, 0.2) is 36.4 Å². The van der Waals surface area contributed by atoms with E-state index in [0.717, 1.165) is 31.5 Å². The Bertz CT molecular complexity index is 700. The summed E-state index contributed by atoms with van der Waals surface area (Å²) in [5.74, 6) is 0. The third-order valence-corrected chi connectivity index (χ3v) is 5.22. The van der Waals surface area contributed by atoms with Crippen molar-refractivity contribution >= 4 is 12.2 Å². The maximum absolute atomic E-state index is 12.1. The lowest BCUT2D eigenvalue weighted by molar-refractivity contribution is 0.0478. The van der Waals surface area contributed by atoms with Crippen molar-refractivity contribution in [2.75, 3.05) is 26.2 Å². The van der Waals surface area contributed by atoms with Gasteiger partial charge in [-0.2, -0.15) is 0 Å². The highest BCUT2D eigenvalue weighted by atomic mass is 16.6. The zero-order valence-corrected chi connectivity index (χ0v) is 16.2. The van der Waals surface area contributed by atoms with Crippen molar-refractivity contribution in [3.05, 3.63) is 53.1 Å². The molecule has 0 bridgehead atoms. The summed E-state index contributed by atoms with van der Waals surface area (Å²) in [5, 5.41) is 0. The van der Waals surface area contributed by atoms with Gasteiger partial charge in [0.05, 0.1) is 6.10 Å². The fraction of sp³-hybridized carbons (Fsp3) is 0.500. The highest BCUT2D eigenvalue weighted by molar-refractivity contribution is 5.68. The van der Waals surface area contributed by atoms with Gasteiger partial charge in [0.2, 0.25) is 0 Å². The normalized spacial score (nSPS) is 20.8. The van der Waals surface area contributed by atoms with Crippen LogP contribution in [0, 0.1) is 0 Å². The summed E-state index contributed by atoms with van der Waals surface area (Å²) in [6.07, 6.45) is 6.06. The summed E-state index contributed by atoms with van der Waals surface area (Å²) in [6, 6.07) is 7.14. The van der Waals surface area contributed by atoms with Crippen LogP contribution in [0.4, 0.5) is 4.79 Å². The van der Waals surface area contributed by atoms with Crippen LogP contribution in [-0.4, -0.2) is 48.2 Å². The second kappa shape index (κ2) is 8.09. The van der Waals surface area contributed by atoms with Crippen molar-refractivity contribution in [1.29, 1.82) is 0 Å². The van der Waals surface area contributed by atoms with Crippen molar-refractivity contribution in [3.8, 4) is 0 Å². The molecule has 1 saturated heterocycles. The third kappa shape index (κ3) is 4.18. The highest BCUT2D eigenvalue weighted by Gasteiger charge is 2.29. The Morgan fingerprint density at radius 3 is 2.62 bits per heavy atom. The Hall–Kier alpha value is -2.07. The molecule has 1 atom stereocenters. The van der Waals surface area contributed by atoms with Gasteiger partial charge >= 0.3 is 6.09 Å². The van der Waals surface area contributed by atoms with Crippen LogP contribution >= 0.6 is 0 Å². The number of benzene rings is 1. The number of allylic oxidation sites excluding steroid dienone is 1. The molecule has 140 valence electrons. The largest absolute Gasteiger partial charge is 0.447 e. The number of rotatable bonds is 3. The second-order valence-electron chi connectivity index (χ2n) is 7.48. The molecule has 0 N–H and O–H groups in total. The minimum absolute atomic E-state index is 0.0728. The molecule has 1 aromatic carbocycles. The SMILES string of the molecule is C=C1C=Cc2cc(CC)ccc2C(N2CCN(C(=O)OC(C)C)CC2)C1. The Labute approximate surface area is 157 Å². The smallest absolute Gasteiger partial charge is 0.410 e. The van der Waals surface area contributed by atoms with Gasteiger partial charge in [0, 0.05) is 32.2 Å². The van der Waals surface area contributed by atoms with E-state index >= 15 is 0 Å². The fourth-order valence-corrected chi connectivity index (χ4v) is 3.74. The van der Waals surface area contributed by atoms with Crippen molar-refractivity contribution in [3.63, 3.8) is 0 Å². The Kier molecular flexibility index (Phi) is 5.82. The molecular weight excluding hydrogens is 324 g/mol. The van der Waals surface area contributed by atoms with Crippen LogP contribution in [0.2, 0.25) is 0 Å². The number of aryl methyl sites for hydroxylation is 1. The van der Waals surface area contributed by atoms with E-state index in [9.17, 15) is 4.79 Å². The second-order valence-corrected chi connectivity index (χ2v) is 7.48. The van der Waals surface area contributed by atoms with E-state index in [0.29, 0.717) is 19.1 Å². The first-order chi connectivity index (χ1) is 12.5. The molecule has 1 aliphatic carbocycles. The molecule has 1 fully saturated rings. The zero-order chi connectivity index (χ0) is 18.7. The van der Waals surface area contributed by atoms with Crippen LogP contribution in [0.1, 0.15) is 49.9 Å². The van der Waals surface area contributed by atoms with E-state index in [1.54, 1.807) is 0 Å². The first-order valence-electron chi connectivity index (χ1n) is 9.66. The summed E-state index contributed by atoms with van der Waals surface area (Å²) in [6.45, 7) is 13.3. The first kappa shape index (κ1) is 18.7. The van der Waals surface area contributed by atoms with Gasteiger partial charge in [-0.05, 0) is 43.4 Å². The lowest BCUT2D eigenvalue weighted by atomic mass is 9.94. The summed E-state index contributed by atoms with van der Waals surface area (Å²) >= 11 is 0. The summed E-state index contributed by atoms with van der Waals surface area (Å²) in [5.41, 5.74) is 5.19. The third-order valence-electron chi connectivity index (χ3n) is 5.22. The lowest BCUT2D eigenvalue weighted by Crippen LogP contribution is -2.50. The molecule has 26 heavy (non-hydrogen) atoms. The molecule has 0 aromatic heterocycles.